The van der Waals surface area contributed by atoms with Crippen molar-refractivity contribution in [2.75, 3.05) is 7.11 Å². The molecule has 3 heteroatoms. The molecular formula is C25H22IOP. The third-order valence-corrected chi connectivity index (χ3v) is 16.9. The van der Waals surface area contributed by atoms with E-state index < -0.39 is 4.25 Å². The number of halogens is 1. The van der Waals surface area contributed by atoms with E-state index in [4.69, 9.17) is 4.74 Å². The Bertz CT molecular complexity index is 966. The Kier molecular flexibility index (Phi) is 5.27. The molecule has 0 saturated heterocycles. The standard InChI is InChI=1S/C25H22IOP/c1-27-24-19-11-12-20-25(24)28(26,21-13-5-2-6-14-21,22-15-7-3-8-16-22)23-17-9-4-10-18-23/h2-20H,1H3. The minimum absolute atomic E-state index is 0.922. The van der Waals surface area contributed by atoms with Crippen LogP contribution in [0.4, 0.5) is 0 Å². The van der Waals surface area contributed by atoms with Crippen LogP contribution in [0.25, 0.3) is 0 Å². The second-order valence-corrected chi connectivity index (χ2v) is 16.5. The van der Waals surface area contributed by atoms with Gasteiger partial charge in [-0.25, -0.2) is 0 Å². The van der Waals surface area contributed by atoms with Gasteiger partial charge in [0.1, 0.15) is 0 Å². The Hall–Kier alpha value is -2.16. The fourth-order valence-electron chi connectivity index (χ4n) is 3.96. The maximum absolute atomic E-state index is 5.91. The van der Waals surface area contributed by atoms with E-state index in [2.05, 4.69) is 131 Å². The summed E-state index contributed by atoms with van der Waals surface area (Å²) in [6.07, 6.45) is 0. The van der Waals surface area contributed by atoms with E-state index in [1.165, 1.54) is 21.2 Å². The van der Waals surface area contributed by atoms with Gasteiger partial charge in [-0.05, 0) is 0 Å². The van der Waals surface area contributed by atoms with Crippen molar-refractivity contribution in [3.8, 4) is 5.75 Å². The Morgan fingerprint density at radius 3 is 1.29 bits per heavy atom. The minimum atomic E-state index is -3.04. The molecule has 0 bridgehead atoms. The molecule has 0 aliphatic heterocycles. The molecule has 140 valence electrons. The summed E-state index contributed by atoms with van der Waals surface area (Å²) >= 11 is 2.77. The molecule has 0 heterocycles. The Balaban J connectivity index is 2.26. The molecule has 0 fully saturated rings. The second-order valence-electron chi connectivity index (χ2n) is 6.69. The van der Waals surface area contributed by atoms with Crippen LogP contribution < -0.4 is 26.0 Å². The summed E-state index contributed by atoms with van der Waals surface area (Å²) in [5, 5.41) is 5.18. The molecule has 0 aliphatic rings. The van der Waals surface area contributed by atoms with Crippen molar-refractivity contribution in [1.82, 2.24) is 0 Å². The van der Waals surface area contributed by atoms with Gasteiger partial charge in [0.2, 0.25) is 0 Å². The van der Waals surface area contributed by atoms with Gasteiger partial charge in [0.25, 0.3) is 0 Å². The molecule has 28 heavy (non-hydrogen) atoms. The van der Waals surface area contributed by atoms with E-state index in [1.54, 1.807) is 7.11 Å². The molecule has 0 atom stereocenters. The molecule has 0 aliphatic carbocycles. The van der Waals surface area contributed by atoms with Crippen LogP contribution in [0.1, 0.15) is 0 Å². The summed E-state index contributed by atoms with van der Waals surface area (Å²) in [4.78, 5) is 0. The van der Waals surface area contributed by atoms with E-state index in [1.807, 2.05) is 6.07 Å². The van der Waals surface area contributed by atoms with E-state index in [0.717, 1.165) is 5.75 Å². The van der Waals surface area contributed by atoms with E-state index in [0.29, 0.717) is 0 Å². The average molecular weight is 496 g/mol. The Labute approximate surface area is 179 Å². The van der Waals surface area contributed by atoms with Crippen LogP contribution in [0.2, 0.25) is 0 Å². The molecule has 4 aromatic carbocycles. The van der Waals surface area contributed by atoms with Crippen LogP contribution >= 0.6 is 26.3 Å². The zero-order chi connectivity index (χ0) is 19.5. The average Bonchev–Trinajstić information content (AvgIpc) is 2.80. The van der Waals surface area contributed by atoms with Gasteiger partial charge >= 0.3 is 180 Å². The number of benzene rings is 4. The van der Waals surface area contributed by atoms with Gasteiger partial charge in [0.05, 0.1) is 0 Å². The first kappa shape index (κ1) is 19.2. The Morgan fingerprint density at radius 1 is 0.536 bits per heavy atom. The van der Waals surface area contributed by atoms with Crippen LogP contribution in [0.5, 0.6) is 5.75 Å². The monoisotopic (exact) mass is 496 g/mol. The fourth-order valence-corrected chi connectivity index (χ4v) is 12.9. The van der Waals surface area contributed by atoms with Crippen LogP contribution in [-0.4, -0.2) is 7.11 Å². The number of hydrogen-bond donors (Lipinski definition) is 0. The first-order valence-corrected chi connectivity index (χ1v) is 14.3. The van der Waals surface area contributed by atoms with Crippen LogP contribution in [0.3, 0.4) is 0 Å². The van der Waals surface area contributed by atoms with Gasteiger partial charge < -0.3 is 0 Å². The van der Waals surface area contributed by atoms with Crippen molar-refractivity contribution < 1.29 is 4.74 Å². The van der Waals surface area contributed by atoms with Crippen LogP contribution in [0, 0.1) is 0 Å². The maximum atomic E-state index is 5.91. The summed E-state index contributed by atoms with van der Waals surface area (Å²) in [5.74, 6) is 0.922. The zero-order valence-electron chi connectivity index (χ0n) is 15.7. The number of hydrogen-bond acceptors (Lipinski definition) is 1. The molecule has 0 amide bonds. The molecule has 1 nitrogen and oxygen atoms in total. The molecule has 0 unspecified atom stereocenters. The van der Waals surface area contributed by atoms with Crippen molar-refractivity contribution in [3.63, 3.8) is 0 Å². The number of para-hydroxylation sites is 1. The molecule has 0 radical (unpaired) electrons. The Morgan fingerprint density at radius 2 is 0.893 bits per heavy atom. The van der Waals surface area contributed by atoms with Gasteiger partial charge in [-0.15, -0.1) is 0 Å². The predicted molar refractivity (Wildman–Crippen MR) is 132 cm³/mol. The van der Waals surface area contributed by atoms with Crippen LogP contribution in [0.15, 0.2) is 115 Å². The first-order chi connectivity index (χ1) is 13.7. The summed E-state index contributed by atoms with van der Waals surface area (Å²) in [7, 11) is 1.76. The number of ether oxygens (including phenoxy) is 1. The molecule has 4 aromatic rings. The van der Waals surface area contributed by atoms with Crippen molar-refractivity contribution in [3.05, 3.63) is 115 Å². The van der Waals surface area contributed by atoms with Crippen molar-refractivity contribution in [1.29, 1.82) is 0 Å². The zero-order valence-corrected chi connectivity index (χ0v) is 18.8. The van der Waals surface area contributed by atoms with E-state index >= 15 is 0 Å². The summed E-state index contributed by atoms with van der Waals surface area (Å²) < 4.78 is 2.87. The summed E-state index contributed by atoms with van der Waals surface area (Å²) in [6, 6.07) is 41.1. The van der Waals surface area contributed by atoms with Gasteiger partial charge in [0.15, 0.2) is 0 Å². The molecule has 0 N–H and O–H groups in total. The molecule has 0 spiro atoms. The predicted octanol–water partition coefficient (Wildman–Crippen LogP) is 5.20. The fraction of sp³-hybridized carbons (Fsp3) is 0.0400. The second kappa shape index (κ2) is 7.69. The van der Waals surface area contributed by atoms with Crippen molar-refractivity contribution in [2.45, 2.75) is 0 Å². The first-order valence-electron chi connectivity index (χ1n) is 9.24. The van der Waals surface area contributed by atoms with E-state index in [9.17, 15) is 0 Å². The van der Waals surface area contributed by atoms with Crippen LogP contribution in [-0.2, 0) is 0 Å². The molecule has 4 rings (SSSR count). The molecular weight excluding hydrogens is 474 g/mol. The number of methoxy groups -OCH3 is 1. The SMILES string of the molecule is COc1ccccc1P(I)(c1ccccc1)(c1ccccc1)c1ccccc1. The van der Waals surface area contributed by atoms with Gasteiger partial charge in [0, 0.05) is 0 Å². The van der Waals surface area contributed by atoms with Gasteiger partial charge in [-0.3, -0.25) is 0 Å². The van der Waals surface area contributed by atoms with Crippen molar-refractivity contribution >= 4 is 47.5 Å². The third-order valence-electron chi connectivity index (χ3n) is 5.26. The quantitative estimate of drug-likeness (QED) is 0.273. The van der Waals surface area contributed by atoms with Crippen molar-refractivity contribution in [2.24, 2.45) is 0 Å². The summed E-state index contributed by atoms with van der Waals surface area (Å²) in [5.41, 5.74) is 0. The number of rotatable bonds is 5. The van der Waals surface area contributed by atoms with E-state index in [-0.39, 0.29) is 0 Å². The topological polar surface area (TPSA) is 9.23 Å². The van der Waals surface area contributed by atoms with Gasteiger partial charge in [-0.2, -0.15) is 0 Å². The molecule has 0 aromatic heterocycles. The third kappa shape index (κ3) is 2.78. The van der Waals surface area contributed by atoms with Gasteiger partial charge in [-0.1, -0.05) is 0 Å². The summed E-state index contributed by atoms with van der Waals surface area (Å²) in [6.45, 7) is 0. The molecule has 0 saturated carbocycles. The normalized spacial score (nSPS) is 12.7.